The summed E-state index contributed by atoms with van der Waals surface area (Å²) in [5, 5.41) is 7.33. The zero-order valence-electron chi connectivity index (χ0n) is 15.8. The van der Waals surface area contributed by atoms with Crippen LogP contribution in [0.25, 0.3) is 0 Å². The van der Waals surface area contributed by atoms with Crippen LogP contribution < -0.4 is 5.32 Å². The number of rotatable bonds is 6. The maximum atomic E-state index is 12.8. The van der Waals surface area contributed by atoms with Crippen LogP contribution in [0.15, 0.2) is 36.8 Å². The molecule has 2 amide bonds. The molecule has 0 spiro atoms. The number of carbonyl (C=O) groups excluding carboxylic acids is 2. The summed E-state index contributed by atoms with van der Waals surface area (Å²) in [6.07, 6.45) is 10.4. The van der Waals surface area contributed by atoms with Crippen LogP contribution >= 0.6 is 11.8 Å². The number of aromatic nitrogens is 3. The molecule has 2 fully saturated rings. The fourth-order valence-electron chi connectivity index (χ4n) is 3.84. The summed E-state index contributed by atoms with van der Waals surface area (Å²) in [4.78, 5) is 31.3. The van der Waals surface area contributed by atoms with Gasteiger partial charge in [-0.05, 0) is 37.0 Å². The van der Waals surface area contributed by atoms with E-state index in [1.54, 1.807) is 35.1 Å². The summed E-state index contributed by atoms with van der Waals surface area (Å²) < 4.78 is 1.82. The number of hydrogen-bond acceptors (Lipinski definition) is 5. The predicted molar refractivity (Wildman–Crippen MR) is 109 cm³/mol. The Kier molecular flexibility index (Phi) is 5.95. The Morgan fingerprint density at radius 2 is 1.96 bits per heavy atom. The maximum Gasteiger partial charge on any atom is 0.249 e. The molecular formula is C20H25N5O2S. The topological polar surface area (TPSA) is 80.1 Å². The van der Waals surface area contributed by atoms with Crippen molar-refractivity contribution < 1.29 is 9.59 Å². The van der Waals surface area contributed by atoms with Crippen molar-refractivity contribution in [2.24, 2.45) is 5.92 Å². The summed E-state index contributed by atoms with van der Waals surface area (Å²) in [5.41, 5.74) is 1.19. The molecule has 2 aromatic rings. The fourth-order valence-corrected chi connectivity index (χ4v) is 5.00. The second-order valence-electron chi connectivity index (χ2n) is 7.36. The Hall–Kier alpha value is -2.35. The SMILES string of the molecule is O=C(Nc1ccn(CCc2ccncc2)n1)C1CSCN1C(=O)C1CCCC1. The van der Waals surface area contributed by atoms with E-state index < -0.39 is 6.04 Å². The van der Waals surface area contributed by atoms with Gasteiger partial charge in [-0.1, -0.05) is 12.8 Å². The number of nitrogens with zero attached hydrogens (tertiary/aromatic N) is 4. The van der Waals surface area contributed by atoms with Crippen LogP contribution in [0, 0.1) is 5.92 Å². The number of aryl methyl sites for hydroxylation is 2. The molecule has 1 aliphatic carbocycles. The van der Waals surface area contributed by atoms with Gasteiger partial charge in [0, 0.05) is 42.9 Å². The van der Waals surface area contributed by atoms with Crippen molar-refractivity contribution in [3.05, 3.63) is 42.4 Å². The molecular weight excluding hydrogens is 374 g/mol. The molecule has 0 bridgehead atoms. The molecule has 1 saturated heterocycles. The quantitative estimate of drug-likeness (QED) is 0.807. The van der Waals surface area contributed by atoms with Crippen LogP contribution in [0.5, 0.6) is 0 Å². The minimum absolute atomic E-state index is 0.0985. The van der Waals surface area contributed by atoms with E-state index in [4.69, 9.17) is 0 Å². The monoisotopic (exact) mass is 399 g/mol. The Labute approximate surface area is 168 Å². The van der Waals surface area contributed by atoms with Gasteiger partial charge in [0.2, 0.25) is 11.8 Å². The van der Waals surface area contributed by atoms with E-state index in [0.717, 1.165) is 38.6 Å². The van der Waals surface area contributed by atoms with Gasteiger partial charge in [0.1, 0.15) is 6.04 Å². The first kappa shape index (κ1) is 19.0. The molecule has 2 aromatic heterocycles. The summed E-state index contributed by atoms with van der Waals surface area (Å²) in [7, 11) is 0. The smallest absolute Gasteiger partial charge is 0.249 e. The highest BCUT2D eigenvalue weighted by Gasteiger charge is 2.38. The van der Waals surface area contributed by atoms with E-state index in [2.05, 4.69) is 15.4 Å². The van der Waals surface area contributed by atoms with Crippen molar-refractivity contribution in [1.29, 1.82) is 0 Å². The average molecular weight is 400 g/mol. The normalized spacial score (nSPS) is 19.9. The largest absolute Gasteiger partial charge is 0.320 e. The van der Waals surface area contributed by atoms with E-state index in [0.29, 0.717) is 17.4 Å². The van der Waals surface area contributed by atoms with Gasteiger partial charge in [-0.3, -0.25) is 19.3 Å². The molecule has 148 valence electrons. The van der Waals surface area contributed by atoms with Gasteiger partial charge in [0.25, 0.3) is 0 Å². The summed E-state index contributed by atoms with van der Waals surface area (Å²) in [5.74, 6) is 1.88. The second-order valence-corrected chi connectivity index (χ2v) is 8.36. The molecule has 4 rings (SSSR count). The number of amides is 2. The van der Waals surface area contributed by atoms with E-state index in [-0.39, 0.29) is 17.7 Å². The van der Waals surface area contributed by atoms with E-state index >= 15 is 0 Å². The first-order valence-electron chi connectivity index (χ1n) is 9.82. The number of nitrogens with one attached hydrogen (secondary N) is 1. The Balaban J connectivity index is 1.33. The lowest BCUT2D eigenvalue weighted by molar-refractivity contribution is -0.139. The van der Waals surface area contributed by atoms with Gasteiger partial charge in [-0.25, -0.2) is 0 Å². The van der Waals surface area contributed by atoms with E-state index in [9.17, 15) is 9.59 Å². The third-order valence-electron chi connectivity index (χ3n) is 5.44. The van der Waals surface area contributed by atoms with Crippen LogP contribution in [0.3, 0.4) is 0 Å². The molecule has 1 N–H and O–H groups in total. The van der Waals surface area contributed by atoms with Crippen LogP contribution in [-0.4, -0.2) is 49.2 Å². The van der Waals surface area contributed by atoms with Crippen LogP contribution in [0.2, 0.25) is 0 Å². The summed E-state index contributed by atoms with van der Waals surface area (Å²) in [6, 6.07) is 5.37. The van der Waals surface area contributed by atoms with Crippen molar-refractivity contribution in [3.63, 3.8) is 0 Å². The van der Waals surface area contributed by atoms with Crippen molar-refractivity contribution in [1.82, 2.24) is 19.7 Å². The van der Waals surface area contributed by atoms with Gasteiger partial charge < -0.3 is 10.2 Å². The number of carbonyl (C=O) groups is 2. The highest BCUT2D eigenvalue weighted by atomic mass is 32.2. The second kappa shape index (κ2) is 8.77. The van der Waals surface area contributed by atoms with Crippen LogP contribution in [0.1, 0.15) is 31.2 Å². The summed E-state index contributed by atoms with van der Waals surface area (Å²) in [6.45, 7) is 0.728. The molecule has 1 unspecified atom stereocenters. The van der Waals surface area contributed by atoms with Gasteiger partial charge in [-0.2, -0.15) is 5.10 Å². The molecule has 2 aliphatic rings. The third kappa shape index (κ3) is 4.38. The van der Waals surface area contributed by atoms with Crippen molar-refractivity contribution in [3.8, 4) is 0 Å². The standard InChI is InChI=1S/C20H25N5O2S/c26-19(17-13-28-14-25(17)20(27)16-3-1-2-4-16)22-18-8-12-24(23-18)11-7-15-5-9-21-10-6-15/h5-6,8-10,12,16-17H,1-4,7,11,13-14H2,(H,22,23,26). The minimum Gasteiger partial charge on any atom is -0.320 e. The molecule has 8 heteroatoms. The zero-order chi connectivity index (χ0) is 19.3. The molecule has 0 aromatic carbocycles. The van der Waals surface area contributed by atoms with E-state index in [1.807, 2.05) is 23.0 Å². The van der Waals surface area contributed by atoms with E-state index in [1.165, 1.54) is 5.56 Å². The Morgan fingerprint density at radius 3 is 2.75 bits per heavy atom. The number of anilines is 1. The van der Waals surface area contributed by atoms with Gasteiger partial charge in [0.15, 0.2) is 5.82 Å². The number of thioether (sulfide) groups is 1. The Morgan fingerprint density at radius 1 is 1.18 bits per heavy atom. The van der Waals surface area contributed by atoms with Crippen molar-refractivity contribution in [2.75, 3.05) is 16.9 Å². The summed E-state index contributed by atoms with van der Waals surface area (Å²) >= 11 is 1.64. The first-order chi connectivity index (χ1) is 13.7. The molecule has 28 heavy (non-hydrogen) atoms. The Bertz CT molecular complexity index is 819. The number of hydrogen-bond donors (Lipinski definition) is 1. The van der Waals surface area contributed by atoms with Crippen molar-refractivity contribution in [2.45, 2.75) is 44.7 Å². The lowest BCUT2D eigenvalue weighted by Gasteiger charge is -2.25. The van der Waals surface area contributed by atoms with Gasteiger partial charge >= 0.3 is 0 Å². The molecule has 1 atom stereocenters. The maximum absolute atomic E-state index is 12.8. The highest BCUT2D eigenvalue weighted by Crippen LogP contribution is 2.31. The van der Waals surface area contributed by atoms with Gasteiger partial charge in [0.05, 0.1) is 5.88 Å². The predicted octanol–water partition coefficient (Wildman–Crippen LogP) is 2.55. The van der Waals surface area contributed by atoms with Crippen molar-refractivity contribution >= 4 is 29.4 Å². The third-order valence-corrected chi connectivity index (χ3v) is 6.46. The molecule has 7 nitrogen and oxygen atoms in total. The van der Waals surface area contributed by atoms with Crippen LogP contribution in [-0.2, 0) is 22.6 Å². The van der Waals surface area contributed by atoms with Gasteiger partial charge in [-0.15, -0.1) is 11.8 Å². The first-order valence-corrected chi connectivity index (χ1v) is 11.0. The lowest BCUT2D eigenvalue weighted by atomic mass is 10.1. The van der Waals surface area contributed by atoms with Crippen LogP contribution in [0.4, 0.5) is 5.82 Å². The number of pyridine rings is 1. The zero-order valence-corrected chi connectivity index (χ0v) is 16.6. The molecule has 0 radical (unpaired) electrons. The highest BCUT2D eigenvalue weighted by molar-refractivity contribution is 7.99. The minimum atomic E-state index is -0.403. The average Bonchev–Trinajstić information content (AvgIpc) is 3.48. The molecule has 1 aliphatic heterocycles. The molecule has 3 heterocycles. The fraction of sp³-hybridized carbons (Fsp3) is 0.500. The lowest BCUT2D eigenvalue weighted by Crippen LogP contribution is -2.46. The molecule has 1 saturated carbocycles.